The lowest BCUT2D eigenvalue weighted by atomic mass is 9.93. The minimum absolute atomic E-state index is 1.08. The van der Waals surface area contributed by atoms with E-state index in [1.54, 1.807) is 11.1 Å². The molecule has 0 aliphatic heterocycles. The van der Waals surface area contributed by atoms with Crippen LogP contribution < -0.4 is 14.7 Å². The Hall–Kier alpha value is -7.36. The van der Waals surface area contributed by atoms with Crippen molar-refractivity contribution < 1.29 is 0 Å². The van der Waals surface area contributed by atoms with Gasteiger partial charge in [0.2, 0.25) is 0 Å². The van der Waals surface area contributed by atoms with Crippen LogP contribution in [0.3, 0.4) is 0 Å². The molecule has 2 aliphatic rings. The molecule has 3 nitrogen and oxygen atoms in total. The van der Waals surface area contributed by atoms with Gasteiger partial charge in [-0.05, 0) is 183 Å². The van der Waals surface area contributed by atoms with Gasteiger partial charge in [-0.2, -0.15) is 0 Å². The third-order valence-corrected chi connectivity index (χ3v) is 13.0. The van der Waals surface area contributed by atoms with Crippen LogP contribution in [-0.2, 0) is 0 Å². The van der Waals surface area contributed by atoms with Crippen molar-refractivity contribution in [3.63, 3.8) is 0 Å². The number of hydrogen-bond acceptors (Lipinski definition) is 3. The molecule has 2 saturated carbocycles. The molecule has 3 heteroatoms. The molecule has 0 saturated heterocycles. The first-order valence-corrected chi connectivity index (χ1v) is 23.7. The van der Waals surface area contributed by atoms with Crippen LogP contribution in [0.5, 0.6) is 0 Å². The Balaban J connectivity index is 0.992. The molecule has 65 heavy (non-hydrogen) atoms. The van der Waals surface area contributed by atoms with Crippen LogP contribution in [0, 0.1) is 0 Å². The predicted molar refractivity (Wildman–Crippen MR) is 278 cm³/mol. The molecule has 2 aliphatic carbocycles. The van der Waals surface area contributed by atoms with Gasteiger partial charge in [0.15, 0.2) is 0 Å². The zero-order chi connectivity index (χ0) is 43.6. The second-order valence-corrected chi connectivity index (χ2v) is 17.5. The summed E-state index contributed by atoms with van der Waals surface area (Å²) in [5.41, 5.74) is 18.1. The summed E-state index contributed by atoms with van der Waals surface area (Å²) in [4.78, 5) is 7.07. The van der Waals surface area contributed by atoms with E-state index < -0.39 is 0 Å². The monoisotopic (exact) mass is 843 g/mol. The molecule has 0 radical (unpaired) electrons. The Kier molecular flexibility index (Phi) is 12.8. The first kappa shape index (κ1) is 41.6. The molecule has 320 valence electrons. The van der Waals surface area contributed by atoms with Crippen LogP contribution >= 0.6 is 0 Å². The first-order chi connectivity index (χ1) is 32.2. The van der Waals surface area contributed by atoms with Gasteiger partial charge in [0.1, 0.15) is 0 Å². The Morgan fingerprint density at radius 3 is 0.800 bits per heavy atom. The standard InChI is InChI=1S/C62H57N3/c1-6-16-48(17-7-1)46-50-26-32-56(33-27-50)63(54-22-12-4-13-23-54)59-38-42-61(43-39-59)65(58-36-30-53(31-37-58)52-20-10-3-11-21-52)62-44-40-60(41-45-62)64(55-24-14-5-15-25-55)57-34-28-51(29-35-57)47-49-18-8-2-9-19-49/h3-5,10-15,20-47H,1-2,6-9,16-19H2. The van der Waals surface area contributed by atoms with Crippen LogP contribution in [0.4, 0.5) is 51.2 Å². The van der Waals surface area contributed by atoms with Gasteiger partial charge < -0.3 is 14.7 Å². The smallest absolute Gasteiger partial charge is 0.0463 e. The zero-order valence-corrected chi connectivity index (χ0v) is 37.3. The maximum absolute atomic E-state index is 2.41. The Morgan fingerprint density at radius 2 is 0.477 bits per heavy atom. The summed E-state index contributed by atoms with van der Waals surface area (Å²) in [5, 5.41) is 0. The third kappa shape index (κ3) is 9.91. The molecule has 0 aromatic heterocycles. The van der Waals surface area contributed by atoms with Gasteiger partial charge in [-0.1, -0.05) is 139 Å². The highest BCUT2D eigenvalue weighted by atomic mass is 15.2. The SMILES string of the molecule is C(=C1CCCCC1)c1ccc(N(c2ccccc2)c2ccc(N(c3ccc(-c4ccccc4)cc3)c3ccc(N(c4ccccc4)c4ccc(C=C5CCCCC5)cc4)cc3)cc2)cc1. The Labute approximate surface area is 386 Å². The number of para-hydroxylation sites is 2. The average Bonchev–Trinajstić information content (AvgIpc) is 3.38. The summed E-state index contributed by atoms with van der Waals surface area (Å²) in [7, 11) is 0. The van der Waals surface area contributed by atoms with E-state index in [0.717, 1.165) is 51.2 Å². The highest BCUT2D eigenvalue weighted by Crippen LogP contribution is 2.42. The third-order valence-electron chi connectivity index (χ3n) is 13.0. The summed E-state index contributed by atoms with van der Waals surface area (Å²) in [6.45, 7) is 0. The van der Waals surface area contributed by atoms with E-state index in [1.807, 2.05) is 0 Å². The quantitative estimate of drug-likeness (QED) is 0.121. The van der Waals surface area contributed by atoms with Crippen molar-refractivity contribution >= 4 is 63.3 Å². The van der Waals surface area contributed by atoms with E-state index >= 15 is 0 Å². The predicted octanol–water partition coefficient (Wildman–Crippen LogP) is 18.5. The minimum Gasteiger partial charge on any atom is -0.311 e. The Bertz CT molecular complexity index is 2640. The molecule has 0 amide bonds. The number of anilines is 9. The molecule has 0 bridgehead atoms. The molecule has 8 aromatic carbocycles. The van der Waals surface area contributed by atoms with E-state index in [2.05, 4.69) is 239 Å². The maximum Gasteiger partial charge on any atom is 0.0463 e. The molecule has 10 rings (SSSR count). The maximum atomic E-state index is 2.41. The molecule has 0 N–H and O–H groups in total. The second-order valence-electron chi connectivity index (χ2n) is 17.5. The van der Waals surface area contributed by atoms with Gasteiger partial charge in [-0.25, -0.2) is 0 Å². The summed E-state index contributed by atoms with van der Waals surface area (Å²) in [6, 6.07) is 77.2. The molecule has 8 aromatic rings. The first-order valence-electron chi connectivity index (χ1n) is 23.7. The van der Waals surface area contributed by atoms with Crippen molar-refractivity contribution in [1.29, 1.82) is 0 Å². The Morgan fingerprint density at radius 1 is 0.231 bits per heavy atom. The minimum atomic E-state index is 1.08. The van der Waals surface area contributed by atoms with Gasteiger partial charge in [-0.15, -0.1) is 0 Å². The largest absolute Gasteiger partial charge is 0.311 e. The fourth-order valence-corrected chi connectivity index (χ4v) is 9.64. The summed E-state index contributed by atoms with van der Waals surface area (Å²) in [6.07, 6.45) is 17.7. The number of rotatable bonds is 12. The molecule has 0 spiro atoms. The van der Waals surface area contributed by atoms with Crippen molar-refractivity contribution in [2.75, 3.05) is 14.7 Å². The number of benzene rings is 8. The lowest BCUT2D eigenvalue weighted by molar-refractivity contribution is 0.602. The topological polar surface area (TPSA) is 9.72 Å². The lowest BCUT2D eigenvalue weighted by Crippen LogP contribution is -2.13. The fraction of sp³-hybridized carbons (Fsp3) is 0.161. The van der Waals surface area contributed by atoms with Gasteiger partial charge in [0.25, 0.3) is 0 Å². The highest BCUT2D eigenvalue weighted by Gasteiger charge is 2.19. The van der Waals surface area contributed by atoms with Crippen molar-refractivity contribution in [2.45, 2.75) is 64.2 Å². The van der Waals surface area contributed by atoms with Gasteiger partial charge >= 0.3 is 0 Å². The number of allylic oxidation sites excluding steroid dienone is 2. The number of nitrogens with zero attached hydrogens (tertiary/aromatic N) is 3. The second kappa shape index (κ2) is 20.0. The van der Waals surface area contributed by atoms with E-state index in [1.165, 1.54) is 86.5 Å². The molecule has 2 fully saturated rings. The van der Waals surface area contributed by atoms with Crippen LogP contribution in [0.15, 0.2) is 223 Å². The van der Waals surface area contributed by atoms with Gasteiger partial charge in [-0.3, -0.25) is 0 Å². The van der Waals surface area contributed by atoms with Gasteiger partial charge in [0, 0.05) is 51.2 Å². The van der Waals surface area contributed by atoms with Crippen molar-refractivity contribution in [3.05, 3.63) is 235 Å². The molecule has 0 unspecified atom stereocenters. The van der Waals surface area contributed by atoms with Crippen molar-refractivity contribution in [1.82, 2.24) is 0 Å². The average molecular weight is 844 g/mol. The molecular weight excluding hydrogens is 787 g/mol. The zero-order valence-electron chi connectivity index (χ0n) is 37.3. The molecule has 0 heterocycles. The van der Waals surface area contributed by atoms with Crippen LogP contribution in [0.1, 0.15) is 75.3 Å². The van der Waals surface area contributed by atoms with Crippen molar-refractivity contribution in [2.24, 2.45) is 0 Å². The summed E-state index contributed by atoms with van der Waals surface area (Å²) < 4.78 is 0. The lowest BCUT2D eigenvalue weighted by Gasteiger charge is -2.29. The van der Waals surface area contributed by atoms with Crippen molar-refractivity contribution in [3.8, 4) is 11.1 Å². The van der Waals surface area contributed by atoms with Crippen LogP contribution in [0.2, 0.25) is 0 Å². The van der Waals surface area contributed by atoms with E-state index in [0.29, 0.717) is 0 Å². The molecule has 0 atom stereocenters. The molecular formula is C62H57N3. The normalized spacial score (nSPS) is 13.8. The van der Waals surface area contributed by atoms with E-state index in [-0.39, 0.29) is 0 Å². The number of hydrogen-bond donors (Lipinski definition) is 0. The van der Waals surface area contributed by atoms with Crippen LogP contribution in [-0.4, -0.2) is 0 Å². The highest BCUT2D eigenvalue weighted by molar-refractivity contribution is 5.84. The van der Waals surface area contributed by atoms with Gasteiger partial charge in [0.05, 0.1) is 0 Å². The summed E-state index contributed by atoms with van der Waals surface area (Å²) in [5.74, 6) is 0. The van der Waals surface area contributed by atoms with E-state index in [9.17, 15) is 0 Å². The van der Waals surface area contributed by atoms with Crippen LogP contribution in [0.25, 0.3) is 23.3 Å². The van der Waals surface area contributed by atoms with E-state index in [4.69, 9.17) is 0 Å². The fourth-order valence-electron chi connectivity index (χ4n) is 9.64. The summed E-state index contributed by atoms with van der Waals surface area (Å²) >= 11 is 0.